The first kappa shape index (κ1) is 23.2. The Morgan fingerprint density at radius 1 is 1.27 bits per heavy atom. The average Bonchev–Trinajstić information content (AvgIpc) is 3.04. The van der Waals surface area contributed by atoms with Gasteiger partial charge in [-0.25, -0.2) is 9.98 Å². The van der Waals surface area contributed by atoms with E-state index in [0.29, 0.717) is 18.5 Å². The molecule has 2 heterocycles. The lowest BCUT2D eigenvalue weighted by Crippen LogP contribution is -2.49. The lowest BCUT2D eigenvalue weighted by molar-refractivity contribution is 0.0211. The van der Waals surface area contributed by atoms with Crippen LogP contribution < -0.4 is 10.6 Å². The summed E-state index contributed by atoms with van der Waals surface area (Å²) in [5.74, 6) is 2.45. The highest BCUT2D eigenvalue weighted by Gasteiger charge is 2.17. The molecular weight excluding hydrogens is 443 g/mol. The minimum Gasteiger partial charge on any atom is -0.379 e. The van der Waals surface area contributed by atoms with Gasteiger partial charge in [-0.3, -0.25) is 4.90 Å². The molecule has 0 amide bonds. The largest absolute Gasteiger partial charge is 0.379 e. The van der Waals surface area contributed by atoms with Gasteiger partial charge in [0, 0.05) is 51.2 Å². The molecule has 0 aliphatic carbocycles. The van der Waals surface area contributed by atoms with Gasteiger partial charge < -0.3 is 19.9 Å². The van der Waals surface area contributed by atoms with Gasteiger partial charge in [-0.05, 0) is 19.8 Å². The second-order valence-electron chi connectivity index (χ2n) is 6.96. The summed E-state index contributed by atoms with van der Waals surface area (Å²) in [5, 5.41) is 6.78. The van der Waals surface area contributed by atoms with Gasteiger partial charge in [0.05, 0.1) is 13.2 Å². The predicted octanol–water partition coefficient (Wildman–Crippen LogP) is 1.93. The molecule has 1 fully saturated rings. The van der Waals surface area contributed by atoms with Crippen molar-refractivity contribution in [2.45, 2.75) is 46.8 Å². The zero-order chi connectivity index (χ0) is 18.1. The SMILES string of the molecule is CCNC(=NCc1nccn1CC(C)C)NCC(C)N1CCOCC1.I. The van der Waals surface area contributed by atoms with Crippen LogP contribution in [0.25, 0.3) is 0 Å². The summed E-state index contributed by atoms with van der Waals surface area (Å²) in [6.45, 7) is 15.7. The summed E-state index contributed by atoms with van der Waals surface area (Å²) in [7, 11) is 0. The van der Waals surface area contributed by atoms with Gasteiger partial charge in [-0.2, -0.15) is 0 Å². The Morgan fingerprint density at radius 3 is 2.65 bits per heavy atom. The average molecular weight is 478 g/mol. The smallest absolute Gasteiger partial charge is 0.191 e. The van der Waals surface area contributed by atoms with E-state index in [-0.39, 0.29) is 24.0 Å². The molecule has 8 heteroatoms. The quantitative estimate of drug-likeness (QED) is 0.340. The zero-order valence-corrected chi connectivity index (χ0v) is 18.9. The van der Waals surface area contributed by atoms with E-state index < -0.39 is 0 Å². The molecule has 0 aromatic carbocycles. The molecule has 0 radical (unpaired) electrons. The Morgan fingerprint density at radius 2 is 2.00 bits per heavy atom. The summed E-state index contributed by atoms with van der Waals surface area (Å²) >= 11 is 0. The highest BCUT2D eigenvalue weighted by Crippen LogP contribution is 2.05. The first-order valence-corrected chi connectivity index (χ1v) is 9.44. The number of hydrogen-bond donors (Lipinski definition) is 2. The van der Waals surface area contributed by atoms with Gasteiger partial charge >= 0.3 is 0 Å². The van der Waals surface area contributed by atoms with Crippen molar-refractivity contribution in [2.75, 3.05) is 39.4 Å². The van der Waals surface area contributed by atoms with Gasteiger partial charge in [-0.15, -0.1) is 24.0 Å². The number of hydrogen-bond acceptors (Lipinski definition) is 4. The van der Waals surface area contributed by atoms with Crippen LogP contribution in [0.3, 0.4) is 0 Å². The number of ether oxygens (including phenoxy) is 1. The van der Waals surface area contributed by atoms with Crippen molar-refractivity contribution < 1.29 is 4.74 Å². The molecule has 1 atom stereocenters. The fourth-order valence-electron chi connectivity index (χ4n) is 2.93. The number of aromatic nitrogens is 2. The number of imidazole rings is 1. The second-order valence-corrected chi connectivity index (χ2v) is 6.96. The Bertz CT molecular complexity index is 528. The van der Waals surface area contributed by atoms with Crippen LogP contribution in [0.4, 0.5) is 0 Å². The molecule has 1 aliphatic rings. The Hall–Kier alpha value is -0.870. The number of nitrogens with one attached hydrogen (secondary N) is 2. The maximum Gasteiger partial charge on any atom is 0.191 e. The number of guanidine groups is 1. The minimum atomic E-state index is 0. The molecule has 7 nitrogen and oxygen atoms in total. The molecule has 1 aliphatic heterocycles. The maximum absolute atomic E-state index is 5.43. The molecule has 0 saturated carbocycles. The van der Waals surface area contributed by atoms with Crippen molar-refractivity contribution in [3.8, 4) is 0 Å². The van der Waals surface area contributed by atoms with Gasteiger partial charge in [0.15, 0.2) is 5.96 Å². The van der Waals surface area contributed by atoms with Crippen molar-refractivity contribution in [2.24, 2.45) is 10.9 Å². The van der Waals surface area contributed by atoms with Crippen molar-refractivity contribution >= 4 is 29.9 Å². The molecule has 2 N–H and O–H groups in total. The Labute approximate surface area is 175 Å². The van der Waals surface area contributed by atoms with Crippen molar-refractivity contribution in [3.63, 3.8) is 0 Å². The van der Waals surface area contributed by atoms with Gasteiger partial charge in [0.25, 0.3) is 0 Å². The van der Waals surface area contributed by atoms with Crippen molar-refractivity contribution in [1.29, 1.82) is 0 Å². The van der Waals surface area contributed by atoms with Crippen LogP contribution in [-0.2, 0) is 17.8 Å². The van der Waals surface area contributed by atoms with Gasteiger partial charge in [-0.1, -0.05) is 13.8 Å². The molecule has 1 aromatic heterocycles. The molecule has 1 aromatic rings. The highest BCUT2D eigenvalue weighted by molar-refractivity contribution is 14.0. The first-order chi connectivity index (χ1) is 12.1. The van der Waals surface area contributed by atoms with Crippen LogP contribution in [0.15, 0.2) is 17.4 Å². The fourth-order valence-corrected chi connectivity index (χ4v) is 2.93. The van der Waals surface area contributed by atoms with Crippen LogP contribution in [0.2, 0.25) is 0 Å². The predicted molar refractivity (Wildman–Crippen MR) is 117 cm³/mol. The topological polar surface area (TPSA) is 66.7 Å². The van der Waals surface area contributed by atoms with Crippen LogP contribution in [0.5, 0.6) is 0 Å². The van der Waals surface area contributed by atoms with Crippen molar-refractivity contribution in [1.82, 2.24) is 25.1 Å². The van der Waals surface area contributed by atoms with E-state index >= 15 is 0 Å². The van der Waals surface area contributed by atoms with E-state index in [0.717, 1.165) is 57.7 Å². The summed E-state index contributed by atoms with van der Waals surface area (Å²) < 4.78 is 7.61. The normalized spacial score (nSPS) is 17.0. The first-order valence-electron chi connectivity index (χ1n) is 9.44. The molecule has 1 unspecified atom stereocenters. The van der Waals surface area contributed by atoms with E-state index in [2.05, 4.69) is 52.8 Å². The molecular formula is C18H35IN6O. The molecule has 0 bridgehead atoms. The standard InChI is InChI=1S/C18H34N6O.HI/c1-5-19-18(21-12-16(4)23-8-10-25-11-9-23)22-13-17-20-6-7-24(17)14-15(2)3;/h6-7,15-16H,5,8-14H2,1-4H3,(H2,19,21,22);1H. The number of rotatable bonds is 8. The van der Waals surface area contributed by atoms with E-state index in [1.54, 1.807) is 0 Å². The fraction of sp³-hybridized carbons (Fsp3) is 0.778. The van der Waals surface area contributed by atoms with E-state index in [1.165, 1.54) is 0 Å². The monoisotopic (exact) mass is 478 g/mol. The molecule has 150 valence electrons. The second kappa shape index (κ2) is 12.5. The lowest BCUT2D eigenvalue weighted by Gasteiger charge is -2.32. The zero-order valence-electron chi connectivity index (χ0n) is 16.6. The summed E-state index contributed by atoms with van der Waals surface area (Å²) in [6.07, 6.45) is 3.89. The molecule has 2 rings (SSSR count). The maximum atomic E-state index is 5.43. The molecule has 1 saturated heterocycles. The van der Waals surface area contributed by atoms with E-state index in [9.17, 15) is 0 Å². The number of aliphatic imine (C=N–C) groups is 1. The lowest BCUT2D eigenvalue weighted by atomic mass is 10.2. The van der Waals surface area contributed by atoms with Crippen LogP contribution in [-0.4, -0.2) is 65.8 Å². The van der Waals surface area contributed by atoms with Crippen LogP contribution in [0, 0.1) is 5.92 Å². The van der Waals surface area contributed by atoms with Crippen LogP contribution >= 0.6 is 24.0 Å². The number of nitrogens with zero attached hydrogens (tertiary/aromatic N) is 4. The molecule has 26 heavy (non-hydrogen) atoms. The summed E-state index contributed by atoms with van der Waals surface area (Å²) in [5.41, 5.74) is 0. The number of halogens is 1. The Balaban J connectivity index is 0.00000338. The van der Waals surface area contributed by atoms with Gasteiger partial charge in [0.1, 0.15) is 12.4 Å². The third-order valence-electron chi connectivity index (χ3n) is 4.32. The number of morpholine rings is 1. The Kier molecular flexibility index (Phi) is 11.1. The third-order valence-corrected chi connectivity index (χ3v) is 4.32. The molecule has 0 spiro atoms. The summed E-state index contributed by atoms with van der Waals surface area (Å²) in [6, 6.07) is 0.454. The van der Waals surface area contributed by atoms with Crippen LogP contribution in [0.1, 0.15) is 33.5 Å². The van der Waals surface area contributed by atoms with Gasteiger partial charge in [0.2, 0.25) is 0 Å². The highest BCUT2D eigenvalue weighted by atomic mass is 127. The summed E-state index contributed by atoms with van der Waals surface area (Å²) in [4.78, 5) is 11.6. The minimum absolute atomic E-state index is 0. The van der Waals surface area contributed by atoms with Crippen molar-refractivity contribution in [3.05, 3.63) is 18.2 Å². The van der Waals surface area contributed by atoms with E-state index in [1.807, 2.05) is 12.4 Å². The third kappa shape index (κ3) is 7.79. The van der Waals surface area contributed by atoms with E-state index in [4.69, 9.17) is 9.73 Å².